The van der Waals surface area contributed by atoms with Crippen molar-refractivity contribution in [2.75, 3.05) is 0 Å². The number of hydrogen-bond donors (Lipinski definition) is 2. The van der Waals surface area contributed by atoms with E-state index in [2.05, 4.69) is 30.4 Å². The Kier molecular flexibility index (Phi) is 2.48. The van der Waals surface area contributed by atoms with E-state index < -0.39 is 0 Å². The van der Waals surface area contributed by atoms with E-state index in [0.29, 0.717) is 0 Å². The van der Waals surface area contributed by atoms with E-state index in [1.165, 1.54) is 28.5 Å². The average Bonchev–Trinajstić information content (AvgIpc) is 3.03. The lowest BCUT2D eigenvalue weighted by Crippen LogP contribution is -2.08. The first-order valence-electron chi connectivity index (χ1n) is 5.78. The second-order valence-electron chi connectivity index (χ2n) is 4.52. The van der Waals surface area contributed by atoms with Gasteiger partial charge in [-0.15, -0.1) is 11.3 Å². The lowest BCUT2D eigenvalue weighted by atomic mass is 10.1. The zero-order valence-electron chi connectivity index (χ0n) is 9.44. The molecule has 1 aromatic heterocycles. The van der Waals surface area contributed by atoms with Gasteiger partial charge in [-0.1, -0.05) is 18.2 Å². The zero-order valence-corrected chi connectivity index (χ0v) is 10.3. The highest BCUT2D eigenvalue weighted by Gasteiger charge is 2.16. The van der Waals surface area contributed by atoms with Gasteiger partial charge in [0.05, 0.1) is 4.88 Å². The number of amidine groups is 1. The number of nitrogen functional groups attached to an aromatic ring is 1. The zero-order chi connectivity index (χ0) is 11.8. The summed E-state index contributed by atoms with van der Waals surface area (Å²) in [5, 5.41) is 8.62. The molecule has 3 heteroatoms. The van der Waals surface area contributed by atoms with Gasteiger partial charge in [-0.2, -0.15) is 0 Å². The molecule has 1 heterocycles. The lowest BCUT2D eigenvalue weighted by molar-refractivity contribution is 1.13. The fourth-order valence-corrected chi connectivity index (χ4v) is 2.74. The van der Waals surface area contributed by atoms with Crippen molar-refractivity contribution in [2.45, 2.75) is 12.8 Å². The van der Waals surface area contributed by atoms with Gasteiger partial charge in [0, 0.05) is 4.70 Å². The number of fused-ring (bicyclic) bond motifs is 1. The molecule has 0 atom stereocenters. The van der Waals surface area contributed by atoms with E-state index in [1.807, 2.05) is 6.07 Å². The van der Waals surface area contributed by atoms with Crippen molar-refractivity contribution in [3.8, 4) is 0 Å². The van der Waals surface area contributed by atoms with Gasteiger partial charge in [0.2, 0.25) is 0 Å². The van der Waals surface area contributed by atoms with E-state index in [4.69, 9.17) is 11.1 Å². The highest BCUT2D eigenvalue weighted by atomic mass is 32.1. The molecule has 0 unspecified atom stereocenters. The van der Waals surface area contributed by atoms with Crippen LogP contribution >= 0.6 is 11.3 Å². The molecule has 17 heavy (non-hydrogen) atoms. The summed E-state index contributed by atoms with van der Waals surface area (Å²) in [5.74, 6) is 0.960. The Morgan fingerprint density at radius 3 is 2.88 bits per heavy atom. The third-order valence-corrected chi connectivity index (χ3v) is 4.14. The Labute approximate surface area is 104 Å². The van der Waals surface area contributed by atoms with Crippen molar-refractivity contribution in [3.05, 3.63) is 40.8 Å². The highest BCUT2D eigenvalue weighted by Crippen LogP contribution is 2.31. The third kappa shape index (κ3) is 2.24. The van der Waals surface area contributed by atoms with Gasteiger partial charge >= 0.3 is 0 Å². The molecule has 0 amide bonds. The SMILES string of the molecule is N=C(N)c1cc2cc(C=CC3CC3)ccc2s1. The molecule has 2 aromatic rings. The van der Waals surface area contributed by atoms with Crippen LogP contribution in [0.2, 0.25) is 0 Å². The standard InChI is InChI=1S/C14H14N2S/c15-14(16)13-8-11-7-10(4-3-9-1-2-9)5-6-12(11)17-13/h3-9H,1-2H2,(H3,15,16). The molecule has 0 aliphatic heterocycles. The van der Waals surface area contributed by atoms with Crippen LogP contribution < -0.4 is 5.73 Å². The third-order valence-electron chi connectivity index (χ3n) is 2.99. The fourth-order valence-electron chi connectivity index (χ4n) is 1.83. The quantitative estimate of drug-likeness (QED) is 0.627. The van der Waals surface area contributed by atoms with Gasteiger partial charge < -0.3 is 5.73 Å². The van der Waals surface area contributed by atoms with E-state index in [-0.39, 0.29) is 5.84 Å². The predicted molar refractivity (Wildman–Crippen MR) is 74.6 cm³/mol. The highest BCUT2D eigenvalue weighted by molar-refractivity contribution is 7.20. The van der Waals surface area contributed by atoms with Crippen LogP contribution in [0, 0.1) is 11.3 Å². The molecule has 0 bridgehead atoms. The number of rotatable bonds is 3. The molecular weight excluding hydrogens is 228 g/mol. The van der Waals surface area contributed by atoms with Crippen LogP contribution in [0.3, 0.4) is 0 Å². The van der Waals surface area contributed by atoms with Gasteiger partial charge in [0.25, 0.3) is 0 Å². The maximum atomic E-state index is 7.44. The van der Waals surface area contributed by atoms with Gasteiger partial charge in [-0.3, -0.25) is 5.41 Å². The summed E-state index contributed by atoms with van der Waals surface area (Å²) in [6, 6.07) is 8.40. The summed E-state index contributed by atoms with van der Waals surface area (Å²) in [6.45, 7) is 0. The molecule has 3 N–H and O–H groups in total. The minimum atomic E-state index is 0.154. The van der Waals surface area contributed by atoms with E-state index in [1.54, 1.807) is 11.3 Å². The molecule has 86 valence electrons. The first-order valence-corrected chi connectivity index (χ1v) is 6.60. The number of benzene rings is 1. The topological polar surface area (TPSA) is 49.9 Å². The van der Waals surface area contributed by atoms with Crippen LogP contribution in [0.1, 0.15) is 23.3 Å². The number of thiophene rings is 1. The lowest BCUT2D eigenvalue weighted by Gasteiger charge is -1.93. The molecule has 1 aliphatic carbocycles. The summed E-state index contributed by atoms with van der Waals surface area (Å²) < 4.78 is 1.19. The number of nitrogens with one attached hydrogen (secondary N) is 1. The van der Waals surface area contributed by atoms with Crippen LogP contribution in [0.25, 0.3) is 16.2 Å². The minimum absolute atomic E-state index is 0.154. The Morgan fingerprint density at radius 2 is 2.18 bits per heavy atom. The monoisotopic (exact) mass is 242 g/mol. The first kappa shape index (κ1) is 10.5. The van der Waals surface area contributed by atoms with Crippen molar-refractivity contribution in [3.63, 3.8) is 0 Å². The molecule has 0 spiro atoms. The maximum Gasteiger partial charge on any atom is 0.133 e. The van der Waals surface area contributed by atoms with Crippen molar-refractivity contribution < 1.29 is 0 Å². The molecule has 3 rings (SSSR count). The second-order valence-corrected chi connectivity index (χ2v) is 5.60. The smallest absolute Gasteiger partial charge is 0.133 e. The maximum absolute atomic E-state index is 7.44. The van der Waals surface area contributed by atoms with Gasteiger partial charge in [0.1, 0.15) is 5.84 Å². The summed E-state index contributed by atoms with van der Waals surface area (Å²) in [4.78, 5) is 0.850. The molecule has 1 aliphatic rings. The number of hydrogen-bond acceptors (Lipinski definition) is 2. The summed E-state index contributed by atoms with van der Waals surface area (Å²) in [6.07, 6.45) is 7.17. The Hall–Kier alpha value is -1.61. The second kappa shape index (κ2) is 4.00. The Balaban J connectivity index is 1.96. The Morgan fingerprint density at radius 1 is 1.35 bits per heavy atom. The van der Waals surface area contributed by atoms with E-state index in [9.17, 15) is 0 Å². The summed E-state index contributed by atoms with van der Waals surface area (Å²) in [7, 11) is 0. The molecule has 1 aromatic carbocycles. The summed E-state index contributed by atoms with van der Waals surface area (Å²) in [5.41, 5.74) is 6.74. The van der Waals surface area contributed by atoms with Crippen LogP contribution in [-0.2, 0) is 0 Å². The Bertz CT molecular complexity index is 606. The number of nitrogens with two attached hydrogens (primary N) is 1. The minimum Gasteiger partial charge on any atom is -0.383 e. The molecule has 1 fully saturated rings. The van der Waals surface area contributed by atoms with Crippen LogP contribution in [0.15, 0.2) is 30.3 Å². The normalized spacial score (nSPS) is 15.8. The van der Waals surface area contributed by atoms with Gasteiger partial charge in [-0.25, -0.2) is 0 Å². The first-order chi connectivity index (χ1) is 8.22. The van der Waals surface area contributed by atoms with Crippen LogP contribution in [0.4, 0.5) is 0 Å². The van der Waals surface area contributed by atoms with Gasteiger partial charge in [0.15, 0.2) is 0 Å². The molecule has 0 saturated heterocycles. The summed E-state index contributed by atoms with van der Waals surface area (Å²) >= 11 is 1.58. The fraction of sp³-hybridized carbons (Fsp3) is 0.214. The average molecular weight is 242 g/mol. The molecule has 0 radical (unpaired) electrons. The van der Waals surface area contributed by atoms with E-state index in [0.717, 1.165) is 10.8 Å². The number of allylic oxidation sites excluding steroid dienone is 1. The van der Waals surface area contributed by atoms with Gasteiger partial charge in [-0.05, 0) is 47.9 Å². The molecular formula is C14H14N2S. The van der Waals surface area contributed by atoms with Crippen molar-refractivity contribution >= 4 is 33.3 Å². The van der Waals surface area contributed by atoms with Crippen LogP contribution in [-0.4, -0.2) is 5.84 Å². The van der Waals surface area contributed by atoms with Crippen molar-refractivity contribution in [2.24, 2.45) is 11.7 Å². The molecule has 1 saturated carbocycles. The predicted octanol–water partition coefficient (Wildman–Crippen LogP) is 3.61. The van der Waals surface area contributed by atoms with Crippen molar-refractivity contribution in [1.82, 2.24) is 0 Å². The van der Waals surface area contributed by atoms with E-state index >= 15 is 0 Å². The molecule has 2 nitrogen and oxygen atoms in total. The van der Waals surface area contributed by atoms with Crippen molar-refractivity contribution in [1.29, 1.82) is 5.41 Å². The largest absolute Gasteiger partial charge is 0.383 e. The van der Waals surface area contributed by atoms with Crippen LogP contribution in [0.5, 0.6) is 0 Å².